The molecule has 0 saturated heterocycles. The lowest BCUT2D eigenvalue weighted by Gasteiger charge is -2.19. The summed E-state index contributed by atoms with van der Waals surface area (Å²) in [6, 6.07) is 7.59. The van der Waals surface area contributed by atoms with Gasteiger partial charge in [0.15, 0.2) is 0 Å². The number of nitrogens with zero attached hydrogens (tertiary/aromatic N) is 1. The van der Waals surface area contributed by atoms with Crippen LogP contribution in [0, 0.1) is 5.92 Å². The fraction of sp³-hybridized carbons (Fsp3) is 0.417. The Balaban J connectivity index is 2.51. The Bertz CT molecular complexity index is 368. The molecule has 1 unspecified atom stereocenters. The number of carboxylic acids is 1. The lowest BCUT2D eigenvalue weighted by molar-refractivity contribution is -0.141. The van der Waals surface area contributed by atoms with E-state index in [9.17, 15) is 4.79 Å². The molecule has 0 aromatic heterocycles. The van der Waals surface area contributed by atoms with E-state index in [1.165, 1.54) is 0 Å². The van der Waals surface area contributed by atoms with Crippen LogP contribution in [0.3, 0.4) is 0 Å². The fourth-order valence-corrected chi connectivity index (χ4v) is 1.77. The fourth-order valence-electron chi connectivity index (χ4n) is 1.56. The number of hydrogen-bond donors (Lipinski definition) is 1. The van der Waals surface area contributed by atoms with Gasteiger partial charge in [-0.3, -0.25) is 4.79 Å². The Hall–Kier alpha value is -1.06. The zero-order chi connectivity index (χ0) is 12.1. The molecule has 1 rings (SSSR count). The quantitative estimate of drug-likeness (QED) is 0.861. The Morgan fingerprint density at radius 1 is 1.56 bits per heavy atom. The first-order valence-corrected chi connectivity index (χ1v) is 5.52. The van der Waals surface area contributed by atoms with Crippen molar-refractivity contribution in [1.82, 2.24) is 4.90 Å². The molecule has 1 aromatic carbocycles. The molecule has 0 spiro atoms. The van der Waals surface area contributed by atoms with Crippen LogP contribution < -0.4 is 0 Å². The predicted octanol–water partition coefficient (Wildman–Crippen LogP) is 2.49. The Morgan fingerprint density at radius 3 is 2.81 bits per heavy atom. The summed E-state index contributed by atoms with van der Waals surface area (Å²) in [6.45, 7) is 2.94. The molecule has 0 saturated carbocycles. The van der Waals surface area contributed by atoms with Gasteiger partial charge in [-0.25, -0.2) is 0 Å². The second-order valence-electron chi connectivity index (χ2n) is 4.07. The first-order valence-electron chi connectivity index (χ1n) is 5.15. The highest BCUT2D eigenvalue weighted by Gasteiger charge is 2.13. The zero-order valence-corrected chi connectivity index (χ0v) is 10.2. The number of aliphatic carboxylic acids is 1. The van der Waals surface area contributed by atoms with E-state index in [-0.39, 0.29) is 5.92 Å². The highest BCUT2D eigenvalue weighted by Crippen LogP contribution is 2.12. The molecule has 1 atom stereocenters. The van der Waals surface area contributed by atoms with E-state index in [2.05, 4.69) is 0 Å². The van der Waals surface area contributed by atoms with Gasteiger partial charge in [0, 0.05) is 18.1 Å². The van der Waals surface area contributed by atoms with Crippen LogP contribution in [-0.2, 0) is 11.3 Å². The number of benzene rings is 1. The van der Waals surface area contributed by atoms with E-state index in [1.807, 2.05) is 36.2 Å². The summed E-state index contributed by atoms with van der Waals surface area (Å²) >= 11 is 5.87. The standard InChI is InChI=1S/C12H16ClNO2/c1-9(12(15)16)7-14(2)8-10-4-3-5-11(13)6-10/h3-6,9H,7-8H2,1-2H3,(H,15,16). The van der Waals surface area contributed by atoms with Crippen molar-refractivity contribution >= 4 is 17.6 Å². The molecule has 1 aromatic rings. The van der Waals surface area contributed by atoms with Crippen LogP contribution >= 0.6 is 11.6 Å². The molecule has 0 amide bonds. The molecule has 0 radical (unpaired) electrons. The topological polar surface area (TPSA) is 40.5 Å². The summed E-state index contributed by atoms with van der Waals surface area (Å²) in [5, 5.41) is 9.50. The number of carboxylic acid groups (broad SMARTS) is 1. The first-order chi connectivity index (χ1) is 7.49. The summed E-state index contributed by atoms with van der Waals surface area (Å²) in [5.41, 5.74) is 1.09. The van der Waals surface area contributed by atoms with Gasteiger partial charge < -0.3 is 10.0 Å². The molecular weight excluding hydrogens is 226 g/mol. The second-order valence-corrected chi connectivity index (χ2v) is 4.50. The first kappa shape index (κ1) is 13.0. The van der Waals surface area contributed by atoms with Crippen LogP contribution in [0.5, 0.6) is 0 Å². The smallest absolute Gasteiger partial charge is 0.307 e. The monoisotopic (exact) mass is 241 g/mol. The van der Waals surface area contributed by atoms with E-state index in [1.54, 1.807) is 6.92 Å². The van der Waals surface area contributed by atoms with E-state index in [4.69, 9.17) is 16.7 Å². The van der Waals surface area contributed by atoms with Crippen molar-refractivity contribution in [3.8, 4) is 0 Å². The number of rotatable bonds is 5. The van der Waals surface area contributed by atoms with Crippen molar-refractivity contribution < 1.29 is 9.90 Å². The molecule has 0 aliphatic carbocycles. The third-order valence-corrected chi connectivity index (χ3v) is 2.58. The SMILES string of the molecule is CC(CN(C)Cc1cccc(Cl)c1)C(=O)O. The van der Waals surface area contributed by atoms with Gasteiger partial charge in [0.1, 0.15) is 0 Å². The van der Waals surface area contributed by atoms with Crippen LogP contribution in [0.2, 0.25) is 5.02 Å². The maximum absolute atomic E-state index is 10.7. The van der Waals surface area contributed by atoms with Gasteiger partial charge in [0.05, 0.1) is 5.92 Å². The van der Waals surface area contributed by atoms with E-state index >= 15 is 0 Å². The van der Waals surface area contributed by atoms with Crippen LogP contribution in [0.4, 0.5) is 0 Å². The van der Waals surface area contributed by atoms with Crippen LogP contribution in [-0.4, -0.2) is 29.6 Å². The van der Waals surface area contributed by atoms with Crippen LogP contribution in [0.25, 0.3) is 0 Å². The normalized spacial score (nSPS) is 12.8. The minimum atomic E-state index is -0.766. The Kier molecular flexibility index (Phi) is 4.77. The predicted molar refractivity (Wildman–Crippen MR) is 64.6 cm³/mol. The molecule has 3 nitrogen and oxygen atoms in total. The van der Waals surface area contributed by atoms with Gasteiger partial charge in [-0.05, 0) is 24.7 Å². The van der Waals surface area contributed by atoms with E-state index in [0.717, 1.165) is 5.56 Å². The van der Waals surface area contributed by atoms with Crippen molar-refractivity contribution in [1.29, 1.82) is 0 Å². The Labute approximate surface area is 101 Å². The van der Waals surface area contributed by atoms with Crippen molar-refractivity contribution in [3.05, 3.63) is 34.9 Å². The number of carbonyl (C=O) groups is 1. The molecule has 4 heteroatoms. The van der Waals surface area contributed by atoms with Crippen molar-refractivity contribution in [2.75, 3.05) is 13.6 Å². The highest BCUT2D eigenvalue weighted by atomic mass is 35.5. The number of halogens is 1. The lowest BCUT2D eigenvalue weighted by atomic mass is 10.1. The summed E-state index contributed by atoms with van der Waals surface area (Å²) < 4.78 is 0. The van der Waals surface area contributed by atoms with Gasteiger partial charge in [-0.1, -0.05) is 30.7 Å². The molecule has 1 N–H and O–H groups in total. The van der Waals surface area contributed by atoms with Crippen molar-refractivity contribution in [3.63, 3.8) is 0 Å². The maximum Gasteiger partial charge on any atom is 0.307 e. The molecule has 0 aliphatic heterocycles. The average molecular weight is 242 g/mol. The zero-order valence-electron chi connectivity index (χ0n) is 9.48. The van der Waals surface area contributed by atoms with Gasteiger partial charge >= 0.3 is 5.97 Å². The minimum absolute atomic E-state index is 0.357. The average Bonchev–Trinajstić information content (AvgIpc) is 2.16. The summed E-state index contributed by atoms with van der Waals surface area (Å²) in [7, 11) is 1.90. The third kappa shape index (κ3) is 4.21. The second kappa shape index (κ2) is 5.87. The largest absolute Gasteiger partial charge is 0.481 e. The van der Waals surface area contributed by atoms with Crippen molar-refractivity contribution in [2.24, 2.45) is 5.92 Å². The number of hydrogen-bond acceptors (Lipinski definition) is 2. The van der Waals surface area contributed by atoms with Crippen LogP contribution in [0.1, 0.15) is 12.5 Å². The lowest BCUT2D eigenvalue weighted by Crippen LogP contribution is -2.28. The maximum atomic E-state index is 10.7. The van der Waals surface area contributed by atoms with Gasteiger partial charge in [0.2, 0.25) is 0 Å². The molecule has 88 valence electrons. The minimum Gasteiger partial charge on any atom is -0.481 e. The highest BCUT2D eigenvalue weighted by molar-refractivity contribution is 6.30. The van der Waals surface area contributed by atoms with E-state index in [0.29, 0.717) is 18.1 Å². The third-order valence-electron chi connectivity index (χ3n) is 2.35. The summed E-state index contributed by atoms with van der Waals surface area (Å²) in [6.07, 6.45) is 0. The van der Waals surface area contributed by atoms with Crippen molar-refractivity contribution in [2.45, 2.75) is 13.5 Å². The van der Waals surface area contributed by atoms with E-state index < -0.39 is 5.97 Å². The molecule has 0 aliphatic rings. The molecule has 0 fully saturated rings. The van der Waals surface area contributed by atoms with Gasteiger partial charge in [-0.15, -0.1) is 0 Å². The summed E-state index contributed by atoms with van der Waals surface area (Å²) in [5.74, 6) is -1.12. The van der Waals surface area contributed by atoms with Gasteiger partial charge in [0.25, 0.3) is 0 Å². The molecular formula is C12H16ClNO2. The summed E-state index contributed by atoms with van der Waals surface area (Å²) in [4.78, 5) is 12.7. The molecule has 0 bridgehead atoms. The molecule has 0 heterocycles. The van der Waals surface area contributed by atoms with Crippen LogP contribution in [0.15, 0.2) is 24.3 Å². The Morgan fingerprint density at radius 2 is 2.25 bits per heavy atom. The van der Waals surface area contributed by atoms with Gasteiger partial charge in [-0.2, -0.15) is 0 Å². The molecule has 16 heavy (non-hydrogen) atoms.